The van der Waals surface area contributed by atoms with Crippen LogP contribution in [0.5, 0.6) is 0 Å². The van der Waals surface area contributed by atoms with Gasteiger partial charge in [-0.2, -0.15) is 0 Å². The van der Waals surface area contributed by atoms with Crippen molar-refractivity contribution >= 4 is 11.8 Å². The molecule has 0 bridgehead atoms. The molecule has 0 unspecified atom stereocenters. The molecule has 0 saturated heterocycles. The molecule has 0 saturated carbocycles. The highest BCUT2D eigenvalue weighted by atomic mass is 32.2. The molecule has 2 rings (SSSR count). The molecule has 0 aliphatic carbocycles. The summed E-state index contributed by atoms with van der Waals surface area (Å²) in [4.78, 5) is 0.869. The molecule has 4 heteroatoms. The van der Waals surface area contributed by atoms with Crippen LogP contribution in [0.15, 0.2) is 52.3 Å². The molecule has 0 radical (unpaired) electrons. The number of hydrogen-bond acceptors (Lipinski definition) is 2. The lowest BCUT2D eigenvalue weighted by Crippen LogP contribution is -2.04. The van der Waals surface area contributed by atoms with Gasteiger partial charge >= 0.3 is 0 Å². The molecular formula is C14H13F2NS. The van der Waals surface area contributed by atoms with Gasteiger partial charge in [-0.1, -0.05) is 36.0 Å². The molecule has 2 aromatic rings. The minimum absolute atomic E-state index is 0.339. The third-order valence-electron chi connectivity index (χ3n) is 2.51. The molecule has 0 fully saturated rings. The topological polar surface area (TPSA) is 26.0 Å². The van der Waals surface area contributed by atoms with Gasteiger partial charge in [0, 0.05) is 4.90 Å². The fourth-order valence-corrected chi connectivity index (χ4v) is 2.66. The lowest BCUT2D eigenvalue weighted by Gasteiger charge is -2.09. The van der Waals surface area contributed by atoms with Gasteiger partial charge in [0.1, 0.15) is 11.6 Å². The summed E-state index contributed by atoms with van der Waals surface area (Å²) in [5.41, 5.74) is 6.31. The lowest BCUT2D eigenvalue weighted by molar-refractivity contribution is 0.592. The Bertz CT molecular complexity index is 543. The first-order valence-electron chi connectivity index (χ1n) is 5.62. The smallest absolute Gasteiger partial charge is 0.137 e. The van der Waals surface area contributed by atoms with E-state index in [-0.39, 0.29) is 11.6 Å². The van der Waals surface area contributed by atoms with E-state index >= 15 is 0 Å². The molecule has 0 spiro atoms. The van der Waals surface area contributed by atoms with Gasteiger partial charge in [-0.3, -0.25) is 0 Å². The van der Waals surface area contributed by atoms with Crippen molar-refractivity contribution in [3.05, 3.63) is 59.7 Å². The normalized spacial score (nSPS) is 10.6. The summed E-state index contributed by atoms with van der Waals surface area (Å²) in [5.74, 6) is -0.682. The van der Waals surface area contributed by atoms with Gasteiger partial charge < -0.3 is 5.73 Å². The van der Waals surface area contributed by atoms with E-state index in [0.717, 1.165) is 17.3 Å². The van der Waals surface area contributed by atoms with Crippen molar-refractivity contribution in [2.45, 2.75) is 16.2 Å². The van der Waals surface area contributed by atoms with E-state index in [1.807, 2.05) is 6.07 Å². The fraction of sp³-hybridized carbons (Fsp3) is 0.143. The zero-order valence-corrected chi connectivity index (χ0v) is 10.5. The Kier molecular flexibility index (Phi) is 4.33. The van der Waals surface area contributed by atoms with E-state index in [0.29, 0.717) is 22.8 Å². The molecule has 94 valence electrons. The molecule has 0 amide bonds. The Hall–Kier alpha value is -1.39. The van der Waals surface area contributed by atoms with E-state index in [4.69, 9.17) is 5.73 Å². The second-order valence-electron chi connectivity index (χ2n) is 3.80. The molecule has 18 heavy (non-hydrogen) atoms. The van der Waals surface area contributed by atoms with Crippen LogP contribution in [0.3, 0.4) is 0 Å². The van der Waals surface area contributed by atoms with Crippen molar-refractivity contribution in [2.24, 2.45) is 5.73 Å². The lowest BCUT2D eigenvalue weighted by atomic mass is 10.1. The van der Waals surface area contributed by atoms with Gasteiger partial charge in [0.25, 0.3) is 0 Å². The summed E-state index contributed by atoms with van der Waals surface area (Å²) >= 11 is 1.10. The second-order valence-corrected chi connectivity index (χ2v) is 4.85. The largest absolute Gasteiger partial charge is 0.330 e. The van der Waals surface area contributed by atoms with Crippen molar-refractivity contribution in [1.82, 2.24) is 0 Å². The summed E-state index contributed by atoms with van der Waals surface area (Å²) in [6, 6.07) is 11.2. The van der Waals surface area contributed by atoms with Crippen LogP contribution in [0.4, 0.5) is 8.78 Å². The monoisotopic (exact) mass is 265 g/mol. The Morgan fingerprint density at radius 1 is 0.944 bits per heavy atom. The third kappa shape index (κ3) is 2.89. The number of halogens is 2. The van der Waals surface area contributed by atoms with Gasteiger partial charge in [0.2, 0.25) is 0 Å². The second kappa shape index (κ2) is 5.98. The van der Waals surface area contributed by atoms with Crippen LogP contribution in [0.2, 0.25) is 0 Å². The van der Waals surface area contributed by atoms with Gasteiger partial charge in [0.15, 0.2) is 0 Å². The van der Waals surface area contributed by atoms with E-state index in [9.17, 15) is 8.78 Å². The van der Waals surface area contributed by atoms with Gasteiger partial charge in [-0.25, -0.2) is 8.78 Å². The van der Waals surface area contributed by atoms with E-state index in [1.165, 1.54) is 12.1 Å². The molecule has 0 heterocycles. The van der Waals surface area contributed by atoms with Crippen LogP contribution in [0.1, 0.15) is 5.56 Å². The highest BCUT2D eigenvalue weighted by Crippen LogP contribution is 2.34. The number of nitrogens with two attached hydrogens (primary N) is 1. The third-order valence-corrected chi connectivity index (χ3v) is 3.72. The standard InChI is InChI=1S/C14H13F2NS/c15-11-5-1-2-7-13(11)18-14-10(8-9-17)4-3-6-12(14)16/h1-7H,8-9,17H2. The quantitative estimate of drug-likeness (QED) is 0.913. The Balaban J connectivity index is 2.36. The molecule has 0 aliphatic heterocycles. The van der Waals surface area contributed by atoms with Crippen molar-refractivity contribution < 1.29 is 8.78 Å². The predicted molar refractivity (Wildman–Crippen MR) is 69.7 cm³/mol. The van der Waals surface area contributed by atoms with Crippen molar-refractivity contribution in [3.8, 4) is 0 Å². The Morgan fingerprint density at radius 3 is 2.39 bits per heavy atom. The van der Waals surface area contributed by atoms with Crippen LogP contribution in [0, 0.1) is 11.6 Å². The maximum absolute atomic E-state index is 13.8. The first-order chi connectivity index (χ1) is 8.72. The van der Waals surface area contributed by atoms with Gasteiger partial charge in [-0.05, 0) is 36.7 Å². The molecular weight excluding hydrogens is 252 g/mol. The van der Waals surface area contributed by atoms with Crippen molar-refractivity contribution in [3.63, 3.8) is 0 Å². The average molecular weight is 265 g/mol. The summed E-state index contributed by atoms with van der Waals surface area (Å²) < 4.78 is 27.4. The Morgan fingerprint density at radius 2 is 1.67 bits per heavy atom. The minimum Gasteiger partial charge on any atom is -0.330 e. The average Bonchev–Trinajstić information content (AvgIpc) is 2.36. The molecule has 0 aromatic heterocycles. The highest BCUT2D eigenvalue weighted by molar-refractivity contribution is 7.99. The summed E-state index contributed by atoms with van der Waals surface area (Å²) in [5, 5.41) is 0. The van der Waals surface area contributed by atoms with Gasteiger partial charge in [0.05, 0.1) is 4.90 Å². The van der Waals surface area contributed by atoms with Crippen LogP contribution in [-0.4, -0.2) is 6.54 Å². The van der Waals surface area contributed by atoms with Crippen molar-refractivity contribution in [1.29, 1.82) is 0 Å². The number of hydrogen-bond donors (Lipinski definition) is 1. The SMILES string of the molecule is NCCc1cccc(F)c1Sc1ccccc1F. The first kappa shape index (κ1) is 13.1. The zero-order valence-electron chi connectivity index (χ0n) is 9.70. The molecule has 2 aromatic carbocycles. The summed E-state index contributed by atoms with van der Waals surface area (Å²) in [6.45, 7) is 0.439. The summed E-state index contributed by atoms with van der Waals surface area (Å²) in [6.07, 6.45) is 0.578. The van der Waals surface area contributed by atoms with Crippen LogP contribution >= 0.6 is 11.8 Å². The van der Waals surface area contributed by atoms with E-state index in [1.54, 1.807) is 24.3 Å². The predicted octanol–water partition coefficient (Wildman–Crippen LogP) is 3.62. The minimum atomic E-state index is -0.343. The van der Waals surface area contributed by atoms with E-state index in [2.05, 4.69) is 0 Å². The molecule has 1 nitrogen and oxygen atoms in total. The highest BCUT2D eigenvalue weighted by Gasteiger charge is 2.11. The Labute approximate surface area is 109 Å². The zero-order chi connectivity index (χ0) is 13.0. The van der Waals surface area contributed by atoms with Crippen molar-refractivity contribution in [2.75, 3.05) is 6.54 Å². The molecule has 0 aliphatic rings. The fourth-order valence-electron chi connectivity index (χ4n) is 1.66. The molecule has 2 N–H and O–H groups in total. The van der Waals surface area contributed by atoms with Crippen LogP contribution in [-0.2, 0) is 6.42 Å². The van der Waals surface area contributed by atoms with Crippen LogP contribution < -0.4 is 5.73 Å². The van der Waals surface area contributed by atoms with E-state index < -0.39 is 0 Å². The first-order valence-corrected chi connectivity index (χ1v) is 6.44. The number of benzene rings is 2. The maximum atomic E-state index is 13.8. The maximum Gasteiger partial charge on any atom is 0.137 e. The van der Waals surface area contributed by atoms with Crippen LogP contribution in [0.25, 0.3) is 0 Å². The number of rotatable bonds is 4. The van der Waals surface area contributed by atoms with Gasteiger partial charge in [-0.15, -0.1) is 0 Å². The molecule has 0 atom stereocenters. The summed E-state index contributed by atoms with van der Waals surface area (Å²) in [7, 11) is 0.